The van der Waals surface area contributed by atoms with Crippen molar-refractivity contribution in [3.63, 3.8) is 0 Å². The van der Waals surface area contributed by atoms with Crippen LogP contribution in [0.25, 0.3) is 0 Å². The molecule has 7 nitrogen and oxygen atoms in total. The van der Waals surface area contributed by atoms with Gasteiger partial charge >= 0.3 is 0 Å². The molecule has 2 amide bonds. The summed E-state index contributed by atoms with van der Waals surface area (Å²) in [5, 5.41) is 13.9. The largest absolute Gasteiger partial charge is 0.378 e. The summed E-state index contributed by atoms with van der Waals surface area (Å²) in [7, 11) is 3.92. The highest BCUT2D eigenvalue weighted by atomic mass is 32.2. The predicted octanol–water partition coefficient (Wildman–Crippen LogP) is 2.93. The number of thioether (sulfide) groups is 1. The second kappa shape index (κ2) is 8.82. The summed E-state index contributed by atoms with van der Waals surface area (Å²) < 4.78 is 0.636. The number of rotatable bonds is 7. The van der Waals surface area contributed by atoms with Crippen molar-refractivity contribution in [3.05, 3.63) is 24.3 Å². The van der Waals surface area contributed by atoms with Crippen LogP contribution in [-0.2, 0) is 9.59 Å². The Labute approximate surface area is 155 Å². The number of nitrogens with zero attached hydrogens (tertiary/aromatic N) is 3. The lowest BCUT2D eigenvalue weighted by atomic mass is 10.2. The Hall–Kier alpha value is -2.13. The zero-order valence-electron chi connectivity index (χ0n) is 14.6. The molecular weight excluding hydrogens is 358 g/mol. The second-order valence-corrected chi connectivity index (χ2v) is 8.00. The highest BCUT2D eigenvalue weighted by Gasteiger charge is 2.12. The van der Waals surface area contributed by atoms with Crippen molar-refractivity contribution >= 4 is 51.4 Å². The first-order valence-corrected chi connectivity index (χ1v) is 9.49. The molecule has 0 saturated heterocycles. The van der Waals surface area contributed by atoms with Crippen LogP contribution >= 0.6 is 23.1 Å². The van der Waals surface area contributed by atoms with Gasteiger partial charge in [0.2, 0.25) is 16.9 Å². The Balaban J connectivity index is 1.82. The van der Waals surface area contributed by atoms with E-state index in [0.29, 0.717) is 9.47 Å². The summed E-state index contributed by atoms with van der Waals surface area (Å²) in [4.78, 5) is 25.6. The average Bonchev–Trinajstić information content (AvgIpc) is 3.01. The minimum atomic E-state index is -0.121. The maximum atomic E-state index is 12.0. The van der Waals surface area contributed by atoms with Gasteiger partial charge in [-0.25, -0.2) is 0 Å². The van der Waals surface area contributed by atoms with Crippen molar-refractivity contribution in [2.75, 3.05) is 35.4 Å². The third-order valence-corrected chi connectivity index (χ3v) is 5.13. The summed E-state index contributed by atoms with van der Waals surface area (Å²) in [5.74, 6) is -0.121. The lowest BCUT2D eigenvalue weighted by molar-refractivity contribution is -0.119. The Bertz CT molecular complexity index is 728. The molecule has 2 N–H and O–H groups in total. The molecule has 0 unspecified atom stereocenters. The molecule has 1 heterocycles. The average molecular weight is 380 g/mol. The van der Waals surface area contributed by atoms with E-state index in [4.69, 9.17) is 0 Å². The fourth-order valence-electron chi connectivity index (χ4n) is 1.74. The first-order valence-electron chi connectivity index (χ1n) is 7.69. The minimum absolute atomic E-state index is 0.105. The SMILES string of the molecule is CC(C)C(=O)Nc1nnc(SCC(=O)Nc2ccc(N(C)C)cc2)s1. The van der Waals surface area contributed by atoms with Gasteiger partial charge in [-0.05, 0) is 24.3 Å². The minimum Gasteiger partial charge on any atom is -0.378 e. The molecule has 2 rings (SSSR count). The second-order valence-electron chi connectivity index (χ2n) is 5.80. The maximum Gasteiger partial charge on any atom is 0.234 e. The molecule has 0 atom stereocenters. The molecule has 1 aromatic carbocycles. The van der Waals surface area contributed by atoms with Crippen LogP contribution in [0.3, 0.4) is 0 Å². The van der Waals surface area contributed by atoms with E-state index in [9.17, 15) is 9.59 Å². The van der Waals surface area contributed by atoms with Crippen LogP contribution < -0.4 is 15.5 Å². The normalized spacial score (nSPS) is 10.6. The van der Waals surface area contributed by atoms with Crippen LogP contribution in [-0.4, -0.2) is 41.9 Å². The molecule has 25 heavy (non-hydrogen) atoms. The van der Waals surface area contributed by atoms with Crippen molar-refractivity contribution in [2.24, 2.45) is 5.92 Å². The predicted molar refractivity (Wildman–Crippen MR) is 103 cm³/mol. The van der Waals surface area contributed by atoms with E-state index < -0.39 is 0 Å². The molecule has 1 aromatic heterocycles. The van der Waals surface area contributed by atoms with Gasteiger partial charge < -0.3 is 15.5 Å². The molecule has 0 aliphatic heterocycles. The van der Waals surface area contributed by atoms with E-state index >= 15 is 0 Å². The number of benzene rings is 1. The van der Waals surface area contributed by atoms with E-state index in [-0.39, 0.29) is 23.5 Å². The van der Waals surface area contributed by atoms with E-state index in [1.807, 2.05) is 43.3 Å². The summed E-state index contributed by atoms with van der Waals surface area (Å²) >= 11 is 2.54. The quantitative estimate of drug-likeness (QED) is 0.568. The van der Waals surface area contributed by atoms with Crippen molar-refractivity contribution < 1.29 is 9.59 Å². The van der Waals surface area contributed by atoms with Gasteiger partial charge in [0.25, 0.3) is 0 Å². The van der Waals surface area contributed by atoms with Crippen molar-refractivity contribution in [2.45, 2.75) is 18.2 Å². The number of hydrogen-bond acceptors (Lipinski definition) is 7. The van der Waals surface area contributed by atoms with Crippen LogP contribution in [0.15, 0.2) is 28.6 Å². The standard InChI is InChI=1S/C16H21N5O2S2/c1-10(2)14(23)18-15-19-20-16(25-15)24-9-13(22)17-11-5-7-12(8-6-11)21(3)4/h5-8,10H,9H2,1-4H3,(H,17,22)(H,18,19,23). The zero-order chi connectivity index (χ0) is 18.4. The Morgan fingerprint density at radius 1 is 1.16 bits per heavy atom. The highest BCUT2D eigenvalue weighted by molar-refractivity contribution is 8.01. The number of anilines is 3. The third kappa shape index (κ3) is 6.02. The van der Waals surface area contributed by atoms with Crippen LogP contribution in [0.4, 0.5) is 16.5 Å². The van der Waals surface area contributed by atoms with Crippen LogP contribution in [0, 0.1) is 5.92 Å². The summed E-state index contributed by atoms with van der Waals surface area (Å²) in [6.45, 7) is 3.61. The van der Waals surface area contributed by atoms with Gasteiger partial charge in [0.15, 0.2) is 4.34 Å². The van der Waals surface area contributed by atoms with Gasteiger partial charge in [-0.1, -0.05) is 36.9 Å². The van der Waals surface area contributed by atoms with Crippen LogP contribution in [0.1, 0.15) is 13.8 Å². The molecule has 2 aromatic rings. The van der Waals surface area contributed by atoms with Gasteiger partial charge in [0.1, 0.15) is 0 Å². The molecule has 0 spiro atoms. The summed E-state index contributed by atoms with van der Waals surface area (Å²) in [6, 6.07) is 7.61. The van der Waals surface area contributed by atoms with Gasteiger partial charge in [-0.15, -0.1) is 10.2 Å². The molecule has 0 aliphatic carbocycles. The van der Waals surface area contributed by atoms with E-state index in [0.717, 1.165) is 11.4 Å². The van der Waals surface area contributed by atoms with Gasteiger partial charge in [-0.3, -0.25) is 9.59 Å². The van der Waals surface area contributed by atoms with E-state index in [1.165, 1.54) is 23.1 Å². The molecule has 9 heteroatoms. The summed E-state index contributed by atoms with van der Waals surface area (Å²) in [6.07, 6.45) is 0. The molecule has 0 bridgehead atoms. The van der Waals surface area contributed by atoms with Crippen LogP contribution in [0.2, 0.25) is 0 Å². The zero-order valence-corrected chi connectivity index (χ0v) is 16.2. The van der Waals surface area contributed by atoms with Crippen molar-refractivity contribution in [1.29, 1.82) is 0 Å². The number of carbonyl (C=O) groups excluding carboxylic acids is 2. The Morgan fingerprint density at radius 3 is 2.44 bits per heavy atom. The highest BCUT2D eigenvalue weighted by Crippen LogP contribution is 2.26. The molecular formula is C16H21N5O2S2. The van der Waals surface area contributed by atoms with Gasteiger partial charge in [0.05, 0.1) is 5.75 Å². The molecule has 0 fully saturated rings. The van der Waals surface area contributed by atoms with E-state index in [1.54, 1.807) is 13.8 Å². The molecule has 0 aliphatic rings. The number of aromatic nitrogens is 2. The Morgan fingerprint density at radius 2 is 1.84 bits per heavy atom. The smallest absolute Gasteiger partial charge is 0.234 e. The van der Waals surface area contributed by atoms with E-state index in [2.05, 4.69) is 20.8 Å². The van der Waals surface area contributed by atoms with Gasteiger partial charge in [-0.2, -0.15) is 0 Å². The van der Waals surface area contributed by atoms with Crippen LogP contribution in [0.5, 0.6) is 0 Å². The van der Waals surface area contributed by atoms with Gasteiger partial charge in [0, 0.05) is 31.4 Å². The van der Waals surface area contributed by atoms with Crippen molar-refractivity contribution in [3.8, 4) is 0 Å². The first kappa shape index (κ1) is 19.2. The number of hydrogen-bond donors (Lipinski definition) is 2. The Kier molecular flexibility index (Phi) is 6.77. The number of carbonyl (C=O) groups is 2. The fraction of sp³-hybridized carbons (Fsp3) is 0.375. The van der Waals surface area contributed by atoms with Crippen molar-refractivity contribution in [1.82, 2.24) is 10.2 Å². The molecule has 134 valence electrons. The molecule has 0 saturated carbocycles. The first-order chi connectivity index (χ1) is 11.8. The topological polar surface area (TPSA) is 87.2 Å². The lowest BCUT2D eigenvalue weighted by Gasteiger charge is -2.12. The summed E-state index contributed by atoms with van der Waals surface area (Å²) in [5.41, 5.74) is 1.82. The monoisotopic (exact) mass is 379 g/mol. The fourth-order valence-corrected chi connectivity index (χ4v) is 3.29. The lowest BCUT2D eigenvalue weighted by Crippen LogP contribution is -2.17. The number of nitrogens with one attached hydrogen (secondary N) is 2. The third-order valence-electron chi connectivity index (χ3n) is 3.16. The molecule has 0 radical (unpaired) electrons. The maximum absolute atomic E-state index is 12.0. The number of amides is 2.